The van der Waals surface area contributed by atoms with E-state index in [-0.39, 0.29) is 56.4 Å². The molecule has 4 saturated heterocycles. The molecule has 444 valence electrons. The van der Waals surface area contributed by atoms with Crippen LogP contribution in [0.4, 0.5) is 4.79 Å². The predicted molar refractivity (Wildman–Crippen MR) is 275 cm³/mol. The lowest BCUT2D eigenvalue weighted by atomic mass is 9.98. The molecule has 4 aliphatic heterocycles. The number of aliphatic hydroxyl groups is 6. The molecule has 4 aliphatic rings. The Morgan fingerprint density at radius 1 is 0.825 bits per heavy atom. The summed E-state index contributed by atoms with van der Waals surface area (Å²) in [5, 5.41) is 106. The SMILES string of the molecule is C[C@@H](O)[C@@H]1NC(=O)C(NC(=O)OC(C)(C)C)C[C@@H](O)CNC(=O)[C@@H]2[C@@H](O)[C@@H](C)CN2C(=O)[C@H]([C@H](O)CCNC2COC(c3ccccc3)OC2)NC(=O)[C@H]([C@H](O)Cc2ccc(O)c(OSOOO)c2)NC(=O)[C@@H]2C[C@@H](O)CN2C1=O. The lowest BCUT2D eigenvalue weighted by molar-refractivity contribution is -0.433. The maximum Gasteiger partial charge on any atom is 0.408 e. The number of aliphatic hydroxyl groups excluding tert-OH is 6. The van der Waals surface area contributed by atoms with E-state index >= 15 is 4.79 Å². The van der Waals surface area contributed by atoms with Crippen LogP contribution in [-0.2, 0) is 58.8 Å². The Kier molecular flexibility index (Phi) is 22.6. The highest BCUT2D eigenvalue weighted by Gasteiger charge is 2.50. The highest BCUT2D eigenvalue weighted by atomic mass is 32.2. The Labute approximate surface area is 464 Å². The second-order valence-electron chi connectivity index (χ2n) is 21.1. The van der Waals surface area contributed by atoms with E-state index in [1.807, 2.05) is 30.3 Å². The van der Waals surface area contributed by atoms with Gasteiger partial charge in [-0.2, -0.15) is 0 Å². The zero-order valence-electron chi connectivity index (χ0n) is 44.5. The molecule has 1 unspecified atom stereocenters. The number of fused-ring (bicyclic) bond motifs is 2. The third kappa shape index (κ3) is 17.0. The number of alkyl carbamates (subject to hydrolysis) is 1. The van der Waals surface area contributed by atoms with Gasteiger partial charge in [0, 0.05) is 50.4 Å². The maximum absolute atomic E-state index is 15.0. The summed E-state index contributed by atoms with van der Waals surface area (Å²) in [4.78, 5) is 102. The minimum atomic E-state index is -2.12. The van der Waals surface area contributed by atoms with Gasteiger partial charge in [0.15, 0.2) is 17.8 Å². The summed E-state index contributed by atoms with van der Waals surface area (Å²) in [6.45, 7) is 6.04. The number of phenols is 1. The van der Waals surface area contributed by atoms with Crippen molar-refractivity contribution in [2.45, 2.75) is 151 Å². The maximum atomic E-state index is 15.0. The zero-order chi connectivity index (χ0) is 58.6. The number of phenolic OH excluding ortho intramolecular Hbond substituents is 1. The molecule has 6 rings (SSSR count). The average molecular weight is 1150 g/mol. The van der Waals surface area contributed by atoms with Gasteiger partial charge in [0.25, 0.3) is 12.3 Å². The first kappa shape index (κ1) is 63.2. The van der Waals surface area contributed by atoms with Crippen molar-refractivity contribution in [1.29, 1.82) is 0 Å². The number of β-amino-alcohol motifs (C(OH)–C–C–N with tert-alkyl or cyclic N) is 1. The fourth-order valence-corrected chi connectivity index (χ4v) is 9.83. The number of nitrogens with zero attached hydrogens (tertiary/aromatic N) is 2. The van der Waals surface area contributed by atoms with Crippen molar-refractivity contribution < 1.29 is 102 Å². The molecular weight excluding hydrogens is 1080 g/mol. The van der Waals surface area contributed by atoms with Crippen LogP contribution < -0.4 is 36.1 Å². The van der Waals surface area contributed by atoms with Crippen molar-refractivity contribution in [3.05, 3.63) is 59.7 Å². The number of aromatic hydroxyl groups is 1. The Hall–Kier alpha value is -6.00. The van der Waals surface area contributed by atoms with E-state index in [2.05, 4.69) is 41.3 Å². The Bertz CT molecular complexity index is 2450. The molecule has 0 bridgehead atoms. The molecule has 14 N–H and O–H groups in total. The van der Waals surface area contributed by atoms with Gasteiger partial charge in [-0.15, -0.1) is 0 Å². The van der Waals surface area contributed by atoms with E-state index in [9.17, 15) is 64.5 Å². The van der Waals surface area contributed by atoms with Crippen LogP contribution in [0.25, 0.3) is 0 Å². The summed E-state index contributed by atoms with van der Waals surface area (Å²) in [5.74, 6) is -8.47. The standard InChI is InChI=1S/C50H72N8O21S/c1-24-20-58-40(41(24)65)45(69)52-19-29(60)17-31(53-49(72)76-50(3,4)5)42(66)54-37(25(2)59)46(70)57-21-30(61)18-32(57)43(67)55-38(35(64)15-26-11-12-33(62)36(16-26)77-80-79-78-73)44(68)56-39(47(58)71)34(63)13-14-51-28-22-74-48(75-23-28)27-9-7-6-8-10-27/h6-12,16,24-25,28-32,34-35,37-41,48,51,59-65,73H,13-15,17-23H2,1-5H3,(H,52,69)(H,53,72)(H,54,66)(H,55,67)(H,56,68)/t24-,25+,28?,29+,30+,31?,32-,34+,35+,37-,38-,39-,40-,41-,48?/m0/s1. The van der Waals surface area contributed by atoms with E-state index < -0.39 is 176 Å². The highest BCUT2D eigenvalue weighted by molar-refractivity contribution is 7.90. The van der Waals surface area contributed by atoms with Crippen LogP contribution >= 0.6 is 12.3 Å². The summed E-state index contributed by atoms with van der Waals surface area (Å²) >= 11 is 0.0820. The fraction of sp³-hybridized carbons (Fsp3) is 0.620. The molecule has 0 aliphatic carbocycles. The topological polar surface area (TPSA) is 415 Å². The van der Waals surface area contributed by atoms with Gasteiger partial charge in [-0.1, -0.05) is 52.7 Å². The summed E-state index contributed by atoms with van der Waals surface area (Å²) in [6.07, 6.45) is -13.9. The van der Waals surface area contributed by atoms with E-state index in [1.165, 1.54) is 39.8 Å². The molecule has 0 spiro atoms. The van der Waals surface area contributed by atoms with E-state index in [0.29, 0.717) is 0 Å². The minimum absolute atomic E-state index is 0.0285. The molecule has 29 nitrogen and oxygen atoms in total. The molecule has 4 heterocycles. The van der Waals surface area contributed by atoms with Crippen LogP contribution in [0, 0.1) is 5.92 Å². The van der Waals surface area contributed by atoms with Gasteiger partial charge in [0.05, 0.1) is 55.9 Å². The van der Waals surface area contributed by atoms with Crippen molar-refractivity contribution in [3.63, 3.8) is 0 Å². The Morgan fingerprint density at radius 2 is 1.49 bits per heavy atom. The molecule has 30 heteroatoms. The highest BCUT2D eigenvalue weighted by Crippen LogP contribution is 2.32. The second kappa shape index (κ2) is 28.6. The average Bonchev–Trinajstić information content (AvgIpc) is 3.95. The number of carbonyl (C=O) groups is 7. The minimum Gasteiger partial charge on any atom is -0.504 e. The molecule has 7 amide bonds. The molecule has 0 saturated carbocycles. The molecule has 13 atom stereocenters. The molecule has 0 radical (unpaired) electrons. The quantitative estimate of drug-likeness (QED) is 0.0363. The molecule has 2 aromatic rings. The first-order chi connectivity index (χ1) is 37.8. The van der Waals surface area contributed by atoms with Crippen molar-refractivity contribution in [2.24, 2.45) is 5.92 Å². The lowest BCUT2D eigenvalue weighted by Crippen LogP contribution is -2.64. The Balaban J connectivity index is 1.37. The van der Waals surface area contributed by atoms with Gasteiger partial charge >= 0.3 is 6.09 Å². The van der Waals surface area contributed by atoms with Crippen molar-refractivity contribution in [1.82, 2.24) is 41.7 Å². The summed E-state index contributed by atoms with van der Waals surface area (Å²) in [6, 6.07) is 1.24. The first-order valence-corrected chi connectivity index (χ1v) is 26.5. The number of hydrogen-bond acceptors (Lipinski definition) is 23. The van der Waals surface area contributed by atoms with Gasteiger partial charge in [0.2, 0.25) is 35.4 Å². The van der Waals surface area contributed by atoms with Crippen LogP contribution in [0.3, 0.4) is 0 Å². The van der Waals surface area contributed by atoms with Crippen molar-refractivity contribution in [2.75, 3.05) is 39.4 Å². The number of nitrogens with one attached hydrogen (secondary N) is 6. The number of benzene rings is 2. The number of hydrogen-bond donors (Lipinski definition) is 14. The third-order valence-electron chi connectivity index (χ3n) is 13.6. The number of ether oxygens (including phenoxy) is 3. The van der Waals surface area contributed by atoms with Gasteiger partial charge < -0.3 is 95.8 Å². The Morgan fingerprint density at radius 3 is 2.15 bits per heavy atom. The van der Waals surface area contributed by atoms with Crippen LogP contribution in [-0.4, -0.2) is 216 Å². The molecule has 4 fully saturated rings. The first-order valence-electron chi connectivity index (χ1n) is 25.9. The summed E-state index contributed by atoms with van der Waals surface area (Å²) in [5.41, 5.74) is -0.164. The summed E-state index contributed by atoms with van der Waals surface area (Å²) in [7, 11) is 0. The normalized spacial score (nSPS) is 29.9. The smallest absolute Gasteiger partial charge is 0.408 e. The van der Waals surface area contributed by atoms with Crippen LogP contribution in [0.1, 0.15) is 71.3 Å². The lowest BCUT2D eigenvalue weighted by Gasteiger charge is -2.34. The van der Waals surface area contributed by atoms with Gasteiger partial charge in [-0.3, -0.25) is 28.8 Å². The zero-order valence-corrected chi connectivity index (χ0v) is 45.4. The van der Waals surface area contributed by atoms with E-state index in [0.717, 1.165) is 28.4 Å². The molecule has 2 aromatic carbocycles. The van der Waals surface area contributed by atoms with Gasteiger partial charge in [-0.25, -0.2) is 10.1 Å². The molecular formula is C50H72N8O21S. The van der Waals surface area contributed by atoms with E-state index in [1.54, 1.807) is 0 Å². The largest absolute Gasteiger partial charge is 0.504 e. The van der Waals surface area contributed by atoms with Gasteiger partial charge in [-0.05, 0) is 58.4 Å². The van der Waals surface area contributed by atoms with Crippen molar-refractivity contribution >= 4 is 53.9 Å². The number of carbonyl (C=O) groups excluding carboxylic acids is 7. The predicted octanol–water partition coefficient (Wildman–Crippen LogP) is -3.11. The van der Waals surface area contributed by atoms with Crippen LogP contribution in [0.15, 0.2) is 48.5 Å². The summed E-state index contributed by atoms with van der Waals surface area (Å²) < 4.78 is 26.5. The van der Waals surface area contributed by atoms with Gasteiger partial charge in [0.1, 0.15) is 41.9 Å². The molecule has 0 aromatic heterocycles. The second-order valence-corrected chi connectivity index (χ2v) is 21.6. The third-order valence-corrected chi connectivity index (χ3v) is 14.0. The van der Waals surface area contributed by atoms with Crippen LogP contribution in [0.2, 0.25) is 0 Å². The molecule has 80 heavy (non-hydrogen) atoms. The van der Waals surface area contributed by atoms with Crippen molar-refractivity contribution in [3.8, 4) is 11.5 Å². The number of rotatable bonds is 15. The number of amides is 7. The van der Waals surface area contributed by atoms with E-state index in [4.69, 9.17) is 23.7 Å². The fourth-order valence-electron chi connectivity index (χ4n) is 9.57. The van der Waals surface area contributed by atoms with Crippen LogP contribution in [0.5, 0.6) is 11.5 Å². The monoisotopic (exact) mass is 1150 g/mol.